The first-order valence-corrected chi connectivity index (χ1v) is 4.40. The minimum absolute atomic E-state index is 0. The predicted molar refractivity (Wildman–Crippen MR) is 57.2 cm³/mol. The molecule has 1 N–H and O–H groups in total. The number of benzene rings is 1. The second-order valence-corrected chi connectivity index (χ2v) is 3.11. The van der Waals surface area contributed by atoms with E-state index in [9.17, 15) is 0 Å². The van der Waals surface area contributed by atoms with Gasteiger partial charge < -0.3 is 5.23 Å². The van der Waals surface area contributed by atoms with Crippen molar-refractivity contribution in [2.24, 2.45) is 0 Å². The summed E-state index contributed by atoms with van der Waals surface area (Å²) in [6, 6.07) is 8.39. The van der Waals surface area contributed by atoms with Crippen molar-refractivity contribution in [1.82, 2.24) is 5.23 Å². The number of rotatable bonds is 1. The van der Waals surface area contributed by atoms with Gasteiger partial charge in [0.1, 0.15) is 0 Å². The minimum atomic E-state index is 0. The van der Waals surface area contributed by atoms with E-state index in [1.807, 2.05) is 19.6 Å². The third kappa shape index (κ3) is 2.38. The molecule has 0 spiro atoms. The zero-order valence-corrected chi connectivity index (χ0v) is 10.7. The Morgan fingerprint density at radius 3 is 2.64 bits per heavy atom. The topological polar surface area (TPSA) is 12.0 Å². The fraction of sp³-hybridized carbons (Fsp3) is 0.0909. The van der Waals surface area contributed by atoms with E-state index in [1.54, 1.807) is 0 Å². The van der Waals surface area contributed by atoms with Crippen molar-refractivity contribution < 1.29 is 20.4 Å². The number of allylic oxidation sites excluding steroid dienone is 2. The van der Waals surface area contributed by atoms with Gasteiger partial charge in [-0.25, -0.2) is 0 Å². The van der Waals surface area contributed by atoms with Crippen LogP contribution >= 0.6 is 0 Å². The van der Waals surface area contributed by atoms with Crippen molar-refractivity contribution in [3.05, 3.63) is 53.6 Å². The third-order valence-corrected chi connectivity index (χ3v) is 2.16. The van der Waals surface area contributed by atoms with Gasteiger partial charge >= 0.3 is 0 Å². The molecule has 1 nitrogen and oxygen atoms in total. The molecule has 0 aliphatic carbocycles. The molecule has 1 aliphatic heterocycles. The Kier molecular flexibility index (Phi) is 4.19. The summed E-state index contributed by atoms with van der Waals surface area (Å²) in [5, 5.41) is 3.09. The van der Waals surface area contributed by atoms with Gasteiger partial charge in [0.25, 0.3) is 7.41 Å². The summed E-state index contributed by atoms with van der Waals surface area (Å²) in [7, 11) is 1.92. The smallest absolute Gasteiger partial charge is 0.273 e. The first kappa shape index (κ1) is 11.3. The molecule has 0 aromatic heterocycles. The predicted octanol–water partition coefficient (Wildman–Crippen LogP) is 2.07. The van der Waals surface area contributed by atoms with E-state index < -0.39 is 0 Å². The van der Waals surface area contributed by atoms with Crippen LogP contribution in [0.2, 0.25) is 0 Å². The van der Waals surface area contributed by atoms with Crippen LogP contribution in [0.1, 0.15) is 11.1 Å². The van der Waals surface area contributed by atoms with Crippen molar-refractivity contribution >= 4 is 13.0 Å². The summed E-state index contributed by atoms with van der Waals surface area (Å²) in [5.41, 5.74) is 3.84. The summed E-state index contributed by atoms with van der Waals surface area (Å²) in [5.74, 6) is 2.02. The molecule has 1 heterocycles. The first-order chi connectivity index (χ1) is 6.38. The average molecular weight is 354 g/mol. The zero-order valence-electron chi connectivity index (χ0n) is 8.00. The third-order valence-electron chi connectivity index (χ3n) is 2.16. The van der Waals surface area contributed by atoms with Crippen LogP contribution in [-0.2, 0) is 20.4 Å². The Morgan fingerprint density at radius 2 is 2.00 bits per heavy atom. The second-order valence-electron chi connectivity index (χ2n) is 3.11. The maximum absolute atomic E-state index is 3.09. The van der Waals surface area contributed by atoms with Crippen molar-refractivity contribution in [2.75, 3.05) is 0 Å². The van der Waals surface area contributed by atoms with Crippen LogP contribution in [0.15, 0.2) is 42.5 Å². The van der Waals surface area contributed by atoms with Gasteiger partial charge in [-0.2, -0.15) is 0 Å². The van der Waals surface area contributed by atoms with Crippen molar-refractivity contribution in [1.29, 1.82) is 0 Å². The van der Waals surface area contributed by atoms with Crippen LogP contribution < -0.4 is 5.23 Å². The summed E-state index contributed by atoms with van der Waals surface area (Å²) in [6.07, 6.45) is 4.13. The number of nitrogens with one attached hydrogen (secondary N) is 1. The van der Waals surface area contributed by atoms with E-state index >= 15 is 0 Å². The molecular formula is C11H11BNRe. The van der Waals surface area contributed by atoms with E-state index in [-0.39, 0.29) is 20.4 Å². The molecule has 0 saturated heterocycles. The molecule has 0 unspecified atom stereocenters. The Balaban J connectivity index is 0.000000980. The molecule has 0 amide bonds. The summed E-state index contributed by atoms with van der Waals surface area (Å²) >= 11 is 0. The monoisotopic (exact) mass is 355 g/mol. The molecular weight excluding hydrogens is 343 g/mol. The number of aryl methyl sites for hydroxylation is 1. The van der Waals surface area contributed by atoms with Gasteiger partial charge in [0, 0.05) is 20.4 Å². The molecule has 1 aromatic rings. The fourth-order valence-corrected chi connectivity index (χ4v) is 1.46. The normalized spacial score (nSPS) is 13.4. The molecule has 0 atom stereocenters. The molecule has 2 rings (SSSR count). The SMILES string of the molecule is Cc1ccccc1C1=CN[B]C=C1.[Re]. The average Bonchev–Trinajstić information content (AvgIpc) is 2.20. The molecule has 0 fully saturated rings. The Bertz CT molecular complexity index is 371. The van der Waals surface area contributed by atoms with E-state index in [4.69, 9.17) is 0 Å². The Hall–Kier alpha value is -0.773. The molecule has 14 heavy (non-hydrogen) atoms. The van der Waals surface area contributed by atoms with Gasteiger partial charge in [-0.3, -0.25) is 0 Å². The van der Waals surface area contributed by atoms with Gasteiger partial charge in [0.15, 0.2) is 0 Å². The van der Waals surface area contributed by atoms with Gasteiger partial charge in [-0.15, -0.1) is 0 Å². The van der Waals surface area contributed by atoms with Crippen LogP contribution in [0.25, 0.3) is 5.57 Å². The molecule has 70 valence electrons. The van der Waals surface area contributed by atoms with Crippen molar-refractivity contribution in [2.45, 2.75) is 6.92 Å². The largest absolute Gasteiger partial charge is 0.434 e. The van der Waals surface area contributed by atoms with Crippen LogP contribution in [0.3, 0.4) is 0 Å². The van der Waals surface area contributed by atoms with Crippen LogP contribution in [0.4, 0.5) is 0 Å². The molecule has 0 saturated carbocycles. The van der Waals surface area contributed by atoms with Gasteiger partial charge in [0.05, 0.1) is 0 Å². The summed E-state index contributed by atoms with van der Waals surface area (Å²) < 4.78 is 0. The van der Waals surface area contributed by atoms with E-state index in [1.165, 1.54) is 16.7 Å². The number of hydrogen-bond donors (Lipinski definition) is 1. The minimum Gasteiger partial charge on any atom is -0.434 e. The fourth-order valence-electron chi connectivity index (χ4n) is 1.46. The maximum Gasteiger partial charge on any atom is 0.273 e. The van der Waals surface area contributed by atoms with E-state index in [0.717, 1.165) is 0 Å². The second kappa shape index (κ2) is 5.19. The van der Waals surface area contributed by atoms with Crippen molar-refractivity contribution in [3.63, 3.8) is 0 Å². The molecule has 2 radical (unpaired) electrons. The standard InChI is InChI=1S/C11H11BN.Re/c1-9-4-2-3-5-11(9)10-6-7-12-13-8-10;/h2-8,13H,1H3;. The molecule has 1 aliphatic rings. The van der Waals surface area contributed by atoms with E-state index in [2.05, 4.69) is 42.5 Å². The van der Waals surface area contributed by atoms with E-state index in [0.29, 0.717) is 0 Å². The first-order valence-electron chi connectivity index (χ1n) is 4.40. The Morgan fingerprint density at radius 1 is 1.21 bits per heavy atom. The summed E-state index contributed by atoms with van der Waals surface area (Å²) in [4.78, 5) is 0. The molecule has 1 aromatic carbocycles. The van der Waals surface area contributed by atoms with Crippen LogP contribution in [0.5, 0.6) is 0 Å². The Labute approximate surface area is 99.2 Å². The zero-order chi connectivity index (χ0) is 9.10. The van der Waals surface area contributed by atoms with Crippen LogP contribution in [-0.4, -0.2) is 7.41 Å². The summed E-state index contributed by atoms with van der Waals surface area (Å²) in [6.45, 7) is 2.13. The number of hydrogen-bond acceptors (Lipinski definition) is 1. The van der Waals surface area contributed by atoms with Crippen molar-refractivity contribution in [3.8, 4) is 0 Å². The van der Waals surface area contributed by atoms with Gasteiger partial charge in [-0.05, 0) is 29.8 Å². The molecule has 3 heteroatoms. The quantitative estimate of drug-likeness (QED) is 0.762. The van der Waals surface area contributed by atoms with Gasteiger partial charge in [0.2, 0.25) is 0 Å². The van der Waals surface area contributed by atoms with Crippen LogP contribution in [0, 0.1) is 6.92 Å². The van der Waals surface area contributed by atoms with Gasteiger partial charge in [-0.1, -0.05) is 36.3 Å². The molecule has 0 bridgehead atoms. The maximum atomic E-state index is 3.09.